The van der Waals surface area contributed by atoms with Gasteiger partial charge in [0, 0.05) is 6.21 Å². The summed E-state index contributed by atoms with van der Waals surface area (Å²) in [4.78, 5) is 4.55. The molecule has 0 aliphatic rings. The molecule has 2 aromatic rings. The van der Waals surface area contributed by atoms with Gasteiger partial charge in [-0.15, -0.1) is 6.42 Å². The Kier molecular flexibility index (Phi) is 5.84. The molecule has 0 radical (unpaired) electrons. The molecule has 0 atom stereocenters. The number of rotatable bonds is 5. The molecule has 118 valence electrons. The quantitative estimate of drug-likeness (QED) is 0.556. The number of halogens is 1. The maximum atomic E-state index is 5.51. The lowest BCUT2D eigenvalue weighted by atomic mass is 10.1. The van der Waals surface area contributed by atoms with E-state index in [4.69, 9.17) is 15.9 Å². The average molecular weight is 372 g/mol. The smallest absolute Gasteiger partial charge is 0.176 e. The lowest BCUT2D eigenvalue weighted by Crippen LogP contribution is -1.98. The molecule has 0 aliphatic heterocycles. The Hall–Kier alpha value is -2.25. The van der Waals surface area contributed by atoms with Gasteiger partial charge in [-0.2, -0.15) is 0 Å². The minimum Gasteiger partial charge on any atom is -0.493 e. The van der Waals surface area contributed by atoms with E-state index < -0.39 is 0 Å². The second-order valence-corrected chi connectivity index (χ2v) is 5.93. The van der Waals surface area contributed by atoms with Gasteiger partial charge in [0.15, 0.2) is 11.5 Å². The highest BCUT2D eigenvalue weighted by Crippen LogP contribution is 2.36. The Morgan fingerprint density at radius 3 is 2.70 bits per heavy atom. The first-order chi connectivity index (χ1) is 11.0. The van der Waals surface area contributed by atoms with Crippen LogP contribution >= 0.6 is 15.9 Å². The van der Waals surface area contributed by atoms with Gasteiger partial charge in [-0.1, -0.05) is 23.6 Å². The van der Waals surface area contributed by atoms with Crippen molar-refractivity contribution in [1.82, 2.24) is 0 Å². The molecule has 2 aromatic carbocycles. The Morgan fingerprint density at radius 1 is 1.26 bits per heavy atom. The zero-order chi connectivity index (χ0) is 16.8. The summed E-state index contributed by atoms with van der Waals surface area (Å²) < 4.78 is 11.6. The largest absolute Gasteiger partial charge is 0.493 e. The molecule has 0 unspecified atom stereocenters. The van der Waals surface area contributed by atoms with Gasteiger partial charge in [0.1, 0.15) is 6.61 Å². The molecule has 23 heavy (non-hydrogen) atoms. The lowest BCUT2D eigenvalue weighted by Gasteiger charge is -2.11. The number of aliphatic imine (C=N–C) groups is 1. The van der Waals surface area contributed by atoms with Crippen LogP contribution in [0.4, 0.5) is 5.69 Å². The average Bonchev–Trinajstić information content (AvgIpc) is 2.52. The maximum absolute atomic E-state index is 5.51. The molecule has 0 bridgehead atoms. The summed E-state index contributed by atoms with van der Waals surface area (Å²) in [5.41, 5.74) is 4.21. The summed E-state index contributed by atoms with van der Waals surface area (Å²) in [5.74, 6) is 3.64. The third-order valence-electron chi connectivity index (χ3n) is 3.26. The molecule has 0 saturated carbocycles. The van der Waals surface area contributed by atoms with E-state index in [2.05, 4.69) is 39.8 Å². The third kappa shape index (κ3) is 4.37. The van der Waals surface area contributed by atoms with Crippen LogP contribution in [0.2, 0.25) is 0 Å². The first-order valence-corrected chi connectivity index (χ1v) is 7.89. The van der Waals surface area contributed by atoms with E-state index in [0.29, 0.717) is 11.5 Å². The van der Waals surface area contributed by atoms with Gasteiger partial charge in [-0.3, -0.25) is 4.99 Å². The molecule has 0 aliphatic carbocycles. The third-order valence-corrected chi connectivity index (χ3v) is 3.85. The van der Waals surface area contributed by atoms with Crippen LogP contribution in [-0.2, 0) is 0 Å². The van der Waals surface area contributed by atoms with Crippen molar-refractivity contribution in [3.63, 3.8) is 0 Å². The van der Waals surface area contributed by atoms with E-state index in [-0.39, 0.29) is 6.61 Å². The van der Waals surface area contributed by atoms with Crippen molar-refractivity contribution in [3.05, 3.63) is 51.5 Å². The Labute approximate surface area is 145 Å². The SMILES string of the molecule is C#CCOc1c(Br)cc(C=Nc2ccc(C)cc2C)cc1OC. The van der Waals surface area contributed by atoms with Crippen LogP contribution in [0.25, 0.3) is 0 Å². The summed E-state index contributed by atoms with van der Waals surface area (Å²) >= 11 is 3.48. The highest BCUT2D eigenvalue weighted by molar-refractivity contribution is 9.10. The molecule has 0 amide bonds. The Bertz CT molecular complexity index is 776. The summed E-state index contributed by atoms with van der Waals surface area (Å²) in [6, 6.07) is 9.95. The fraction of sp³-hybridized carbons (Fsp3) is 0.211. The van der Waals surface area contributed by atoms with Crippen molar-refractivity contribution >= 4 is 27.8 Å². The predicted molar refractivity (Wildman–Crippen MR) is 98.2 cm³/mol. The highest BCUT2D eigenvalue weighted by atomic mass is 79.9. The fourth-order valence-corrected chi connectivity index (χ4v) is 2.74. The first-order valence-electron chi connectivity index (χ1n) is 7.10. The van der Waals surface area contributed by atoms with E-state index in [9.17, 15) is 0 Å². The zero-order valence-electron chi connectivity index (χ0n) is 13.4. The second-order valence-electron chi connectivity index (χ2n) is 5.08. The lowest BCUT2D eigenvalue weighted by molar-refractivity contribution is 0.329. The number of hydrogen-bond donors (Lipinski definition) is 0. The van der Waals surface area contributed by atoms with E-state index in [1.807, 2.05) is 31.2 Å². The van der Waals surface area contributed by atoms with Gasteiger partial charge in [0.05, 0.1) is 17.3 Å². The molecule has 0 N–H and O–H groups in total. The van der Waals surface area contributed by atoms with Gasteiger partial charge < -0.3 is 9.47 Å². The number of aryl methyl sites for hydroxylation is 2. The monoisotopic (exact) mass is 371 g/mol. The number of methoxy groups -OCH3 is 1. The molecular formula is C19H18BrNO2. The number of ether oxygens (including phenoxy) is 2. The van der Waals surface area contributed by atoms with Gasteiger partial charge in [-0.05, 0) is 59.1 Å². The van der Waals surface area contributed by atoms with Crippen molar-refractivity contribution < 1.29 is 9.47 Å². The normalized spacial score (nSPS) is 10.6. The summed E-state index contributed by atoms with van der Waals surface area (Å²) in [6.07, 6.45) is 7.03. The molecule has 0 fully saturated rings. The Morgan fingerprint density at radius 2 is 2.04 bits per heavy atom. The van der Waals surface area contributed by atoms with Crippen molar-refractivity contribution in [2.45, 2.75) is 13.8 Å². The van der Waals surface area contributed by atoms with E-state index >= 15 is 0 Å². The van der Waals surface area contributed by atoms with Crippen LogP contribution in [0, 0.1) is 26.2 Å². The van der Waals surface area contributed by atoms with Crippen LogP contribution in [0.5, 0.6) is 11.5 Å². The Balaban J connectivity index is 2.31. The van der Waals surface area contributed by atoms with Crippen LogP contribution in [0.1, 0.15) is 16.7 Å². The zero-order valence-corrected chi connectivity index (χ0v) is 15.0. The standard InChI is InChI=1S/C19H18BrNO2/c1-5-8-23-19-16(20)10-15(11-18(19)22-4)12-21-17-7-6-13(2)9-14(17)3/h1,6-7,9-12H,8H2,2-4H3. The van der Waals surface area contributed by atoms with Crippen LogP contribution in [0.3, 0.4) is 0 Å². The fourth-order valence-electron chi connectivity index (χ4n) is 2.16. The summed E-state index contributed by atoms with van der Waals surface area (Å²) in [5, 5.41) is 0. The van der Waals surface area contributed by atoms with E-state index in [1.54, 1.807) is 13.3 Å². The number of nitrogens with zero attached hydrogens (tertiary/aromatic N) is 1. The molecule has 0 spiro atoms. The maximum Gasteiger partial charge on any atom is 0.176 e. The van der Waals surface area contributed by atoms with Gasteiger partial charge in [-0.25, -0.2) is 0 Å². The molecule has 0 aromatic heterocycles. The number of terminal acetylenes is 1. The summed E-state index contributed by atoms with van der Waals surface area (Å²) in [7, 11) is 1.59. The van der Waals surface area contributed by atoms with E-state index in [1.165, 1.54) is 5.56 Å². The first kappa shape index (κ1) is 17.1. The number of hydrogen-bond acceptors (Lipinski definition) is 3. The van der Waals surface area contributed by atoms with Crippen LogP contribution in [-0.4, -0.2) is 19.9 Å². The topological polar surface area (TPSA) is 30.8 Å². The van der Waals surface area contributed by atoms with Crippen molar-refractivity contribution in [3.8, 4) is 23.8 Å². The van der Waals surface area contributed by atoms with Gasteiger partial charge >= 0.3 is 0 Å². The minimum absolute atomic E-state index is 0.185. The van der Waals surface area contributed by atoms with Gasteiger partial charge in [0.25, 0.3) is 0 Å². The molecule has 0 saturated heterocycles. The van der Waals surface area contributed by atoms with Crippen molar-refractivity contribution in [2.24, 2.45) is 4.99 Å². The minimum atomic E-state index is 0.185. The predicted octanol–water partition coefficient (Wildman–Crippen LogP) is 4.84. The van der Waals surface area contributed by atoms with Gasteiger partial charge in [0.2, 0.25) is 0 Å². The molecular weight excluding hydrogens is 354 g/mol. The second kappa shape index (κ2) is 7.85. The number of benzene rings is 2. The highest BCUT2D eigenvalue weighted by Gasteiger charge is 2.10. The van der Waals surface area contributed by atoms with Crippen LogP contribution < -0.4 is 9.47 Å². The molecule has 0 heterocycles. The van der Waals surface area contributed by atoms with E-state index in [0.717, 1.165) is 21.3 Å². The van der Waals surface area contributed by atoms with Crippen molar-refractivity contribution in [2.75, 3.05) is 13.7 Å². The van der Waals surface area contributed by atoms with Crippen LogP contribution in [0.15, 0.2) is 39.8 Å². The van der Waals surface area contributed by atoms with Crippen molar-refractivity contribution in [1.29, 1.82) is 0 Å². The summed E-state index contributed by atoms with van der Waals surface area (Å²) in [6.45, 7) is 4.30. The molecule has 2 rings (SSSR count). The molecule has 3 nitrogen and oxygen atoms in total. The molecule has 4 heteroatoms.